The highest BCUT2D eigenvalue weighted by atomic mass is 32.2. The van der Waals surface area contributed by atoms with Gasteiger partial charge in [0.2, 0.25) is 10.0 Å². The van der Waals surface area contributed by atoms with E-state index in [-0.39, 0.29) is 18.0 Å². The molecular weight excluding hydrogens is 284 g/mol. The monoisotopic (exact) mass is 300 g/mol. The number of nitrogens with one attached hydrogen (secondary N) is 1. The minimum absolute atomic E-state index is 0.0324. The minimum atomic E-state index is -3.86. The Balaban J connectivity index is 2.39. The molecule has 0 aromatic heterocycles. The van der Waals surface area contributed by atoms with Crippen LogP contribution in [0, 0.1) is 0 Å². The molecule has 20 heavy (non-hydrogen) atoms. The van der Waals surface area contributed by atoms with Crippen LogP contribution in [0.15, 0.2) is 29.2 Å². The number of nitrogens with zero attached hydrogens (tertiary/aromatic N) is 1. The van der Waals surface area contributed by atoms with Crippen molar-refractivity contribution in [3.63, 3.8) is 0 Å². The van der Waals surface area contributed by atoms with E-state index in [2.05, 4.69) is 5.32 Å². The van der Waals surface area contributed by atoms with Gasteiger partial charge < -0.3 is 15.2 Å². The largest absolute Gasteiger partial charge is 0.497 e. The molecule has 1 aromatic carbocycles. The number of benzene rings is 1. The summed E-state index contributed by atoms with van der Waals surface area (Å²) in [6, 6.07) is 4.91. The molecule has 1 aliphatic heterocycles. The Hall–Kier alpha value is -1.64. The van der Waals surface area contributed by atoms with E-state index in [1.807, 2.05) is 0 Å². The molecule has 1 atom stereocenters. The number of hydrogen-bond donors (Lipinski definition) is 2. The summed E-state index contributed by atoms with van der Waals surface area (Å²) in [5.74, 6) is -0.753. The van der Waals surface area contributed by atoms with Gasteiger partial charge >= 0.3 is 5.97 Å². The average Bonchev–Trinajstić information content (AvgIpc) is 2.47. The maximum absolute atomic E-state index is 12.5. The Labute approximate surface area is 117 Å². The van der Waals surface area contributed by atoms with Crippen molar-refractivity contribution < 1.29 is 23.1 Å². The van der Waals surface area contributed by atoms with Gasteiger partial charge in [-0.3, -0.25) is 4.79 Å². The Morgan fingerprint density at radius 3 is 2.90 bits per heavy atom. The molecule has 0 aliphatic carbocycles. The summed E-state index contributed by atoms with van der Waals surface area (Å²) in [4.78, 5) is 11.2. The molecule has 8 heteroatoms. The molecule has 1 unspecified atom stereocenters. The molecule has 0 saturated carbocycles. The number of carboxylic acids is 1. The van der Waals surface area contributed by atoms with Crippen molar-refractivity contribution in [1.29, 1.82) is 0 Å². The van der Waals surface area contributed by atoms with Crippen molar-refractivity contribution in [3.8, 4) is 5.75 Å². The maximum Gasteiger partial charge on any atom is 0.323 e. The van der Waals surface area contributed by atoms with Crippen LogP contribution < -0.4 is 10.1 Å². The highest BCUT2D eigenvalue weighted by Gasteiger charge is 2.37. The van der Waals surface area contributed by atoms with Crippen molar-refractivity contribution >= 4 is 16.0 Å². The van der Waals surface area contributed by atoms with Crippen molar-refractivity contribution in [2.75, 3.05) is 26.7 Å². The number of methoxy groups -OCH3 is 1. The van der Waals surface area contributed by atoms with Crippen LogP contribution in [-0.4, -0.2) is 56.6 Å². The van der Waals surface area contributed by atoms with Crippen molar-refractivity contribution in [3.05, 3.63) is 24.3 Å². The predicted octanol–water partition coefficient (Wildman–Crippen LogP) is -0.258. The topological polar surface area (TPSA) is 95.9 Å². The van der Waals surface area contributed by atoms with Crippen molar-refractivity contribution in [1.82, 2.24) is 9.62 Å². The van der Waals surface area contributed by atoms with Crippen molar-refractivity contribution in [2.24, 2.45) is 0 Å². The predicted molar refractivity (Wildman–Crippen MR) is 71.2 cm³/mol. The first-order chi connectivity index (χ1) is 9.46. The molecule has 1 aliphatic rings. The van der Waals surface area contributed by atoms with Crippen LogP contribution in [0.5, 0.6) is 5.75 Å². The Kier molecular flexibility index (Phi) is 4.26. The van der Waals surface area contributed by atoms with Gasteiger partial charge in [0.1, 0.15) is 11.8 Å². The third-order valence-electron chi connectivity index (χ3n) is 3.13. The highest BCUT2D eigenvalue weighted by molar-refractivity contribution is 7.89. The number of piperazine rings is 1. The SMILES string of the molecule is COc1cccc(S(=O)(=O)N2CCNCC2C(=O)O)c1. The second-order valence-electron chi connectivity index (χ2n) is 4.35. The quantitative estimate of drug-likeness (QED) is 0.795. The second-order valence-corrected chi connectivity index (χ2v) is 6.24. The van der Waals surface area contributed by atoms with Crippen LogP contribution in [0.1, 0.15) is 0 Å². The lowest BCUT2D eigenvalue weighted by molar-refractivity contribution is -0.141. The fourth-order valence-corrected chi connectivity index (χ4v) is 3.70. The van der Waals surface area contributed by atoms with E-state index in [9.17, 15) is 13.2 Å². The molecule has 1 fully saturated rings. The normalized spacial score (nSPS) is 20.6. The smallest absolute Gasteiger partial charge is 0.323 e. The lowest BCUT2D eigenvalue weighted by Gasteiger charge is -2.32. The van der Waals surface area contributed by atoms with Crippen LogP contribution in [0.2, 0.25) is 0 Å². The van der Waals surface area contributed by atoms with Crippen LogP contribution in [0.4, 0.5) is 0 Å². The van der Waals surface area contributed by atoms with E-state index < -0.39 is 22.0 Å². The third-order valence-corrected chi connectivity index (χ3v) is 5.03. The molecule has 0 spiro atoms. The number of carbonyl (C=O) groups is 1. The summed E-state index contributed by atoms with van der Waals surface area (Å²) >= 11 is 0. The summed E-state index contributed by atoms with van der Waals surface area (Å²) in [7, 11) is -2.42. The van der Waals surface area contributed by atoms with Crippen LogP contribution in [0.25, 0.3) is 0 Å². The van der Waals surface area contributed by atoms with Crippen molar-refractivity contribution in [2.45, 2.75) is 10.9 Å². The molecule has 0 bridgehead atoms. The van der Waals surface area contributed by atoms with Gasteiger partial charge in [0, 0.05) is 25.7 Å². The maximum atomic E-state index is 12.5. The van der Waals surface area contributed by atoms with Gasteiger partial charge in [-0.2, -0.15) is 4.31 Å². The third kappa shape index (κ3) is 2.77. The Morgan fingerprint density at radius 2 is 2.25 bits per heavy atom. The van der Waals surface area contributed by atoms with Gasteiger partial charge in [-0.25, -0.2) is 8.42 Å². The number of hydrogen-bond acceptors (Lipinski definition) is 5. The summed E-state index contributed by atoms with van der Waals surface area (Å²) in [6.45, 7) is 0.641. The summed E-state index contributed by atoms with van der Waals surface area (Å²) in [5, 5.41) is 12.0. The average molecular weight is 300 g/mol. The Bertz CT molecular complexity index is 602. The standard InChI is InChI=1S/C12H16N2O5S/c1-19-9-3-2-4-10(7-9)20(17,18)14-6-5-13-8-11(14)12(15)16/h2-4,7,11,13H,5-6,8H2,1H3,(H,15,16). The van der Waals surface area contributed by atoms with E-state index in [0.717, 1.165) is 4.31 Å². The molecule has 1 heterocycles. The van der Waals surface area contributed by atoms with Gasteiger partial charge in [-0.05, 0) is 12.1 Å². The first kappa shape index (κ1) is 14.8. The lowest BCUT2D eigenvalue weighted by atomic mass is 10.2. The number of rotatable bonds is 4. The number of sulfonamides is 1. The molecule has 1 aromatic rings. The van der Waals surface area contributed by atoms with E-state index in [1.54, 1.807) is 12.1 Å². The van der Waals surface area contributed by atoms with Gasteiger partial charge in [-0.1, -0.05) is 6.07 Å². The molecule has 110 valence electrons. The number of aliphatic carboxylic acids is 1. The summed E-state index contributed by atoms with van der Waals surface area (Å²) in [5.41, 5.74) is 0. The van der Waals surface area contributed by atoms with Crippen LogP contribution in [-0.2, 0) is 14.8 Å². The van der Waals surface area contributed by atoms with E-state index in [4.69, 9.17) is 9.84 Å². The molecule has 0 amide bonds. The van der Waals surface area contributed by atoms with E-state index in [1.165, 1.54) is 19.2 Å². The number of ether oxygens (including phenoxy) is 1. The zero-order valence-electron chi connectivity index (χ0n) is 10.9. The molecule has 2 rings (SSSR count). The molecule has 1 saturated heterocycles. The van der Waals surface area contributed by atoms with Crippen LogP contribution in [0.3, 0.4) is 0 Å². The summed E-state index contributed by atoms with van der Waals surface area (Å²) < 4.78 is 31.1. The fraction of sp³-hybridized carbons (Fsp3) is 0.417. The minimum Gasteiger partial charge on any atom is -0.497 e. The second kappa shape index (κ2) is 5.78. The van der Waals surface area contributed by atoms with Gasteiger partial charge in [0.05, 0.1) is 12.0 Å². The number of carboxylic acid groups (broad SMARTS) is 1. The van der Waals surface area contributed by atoms with Gasteiger partial charge in [0.15, 0.2) is 0 Å². The van der Waals surface area contributed by atoms with Gasteiger partial charge in [-0.15, -0.1) is 0 Å². The highest BCUT2D eigenvalue weighted by Crippen LogP contribution is 2.23. The molecule has 0 radical (unpaired) electrons. The fourth-order valence-electron chi connectivity index (χ4n) is 2.08. The Morgan fingerprint density at radius 1 is 1.50 bits per heavy atom. The zero-order valence-corrected chi connectivity index (χ0v) is 11.8. The zero-order chi connectivity index (χ0) is 14.8. The molecule has 7 nitrogen and oxygen atoms in total. The summed E-state index contributed by atoms with van der Waals surface area (Å²) in [6.07, 6.45) is 0. The van der Waals surface area contributed by atoms with Gasteiger partial charge in [0.25, 0.3) is 0 Å². The van der Waals surface area contributed by atoms with Crippen LogP contribution >= 0.6 is 0 Å². The molecule has 2 N–H and O–H groups in total. The lowest BCUT2D eigenvalue weighted by Crippen LogP contribution is -2.56. The van der Waals surface area contributed by atoms with E-state index in [0.29, 0.717) is 12.3 Å². The van der Waals surface area contributed by atoms with E-state index >= 15 is 0 Å². The first-order valence-corrected chi connectivity index (χ1v) is 7.50. The first-order valence-electron chi connectivity index (χ1n) is 6.06. The molecular formula is C12H16N2O5S.